The summed E-state index contributed by atoms with van der Waals surface area (Å²) in [6, 6.07) is 0. The second-order valence-corrected chi connectivity index (χ2v) is 9.68. The van der Waals surface area contributed by atoms with Gasteiger partial charge < -0.3 is 9.47 Å². The van der Waals surface area contributed by atoms with Crippen molar-refractivity contribution in [3.63, 3.8) is 0 Å². The van der Waals surface area contributed by atoms with Crippen molar-refractivity contribution in [2.45, 2.75) is 106 Å². The molecule has 0 aliphatic heterocycles. The summed E-state index contributed by atoms with van der Waals surface area (Å²) in [7, 11) is 0. The van der Waals surface area contributed by atoms with Crippen LogP contribution in [0.2, 0.25) is 0 Å². The van der Waals surface area contributed by atoms with Crippen molar-refractivity contribution in [1.29, 1.82) is 0 Å². The zero-order valence-corrected chi connectivity index (χ0v) is 18.1. The molecule has 0 aliphatic carbocycles. The number of esters is 2. The van der Waals surface area contributed by atoms with Crippen LogP contribution < -0.4 is 0 Å². The summed E-state index contributed by atoms with van der Waals surface area (Å²) in [6.45, 7) is 13.7. The highest BCUT2D eigenvalue weighted by atomic mass is 16.6. The molecule has 0 rings (SSSR count). The number of rotatable bonds is 13. The van der Waals surface area contributed by atoms with Gasteiger partial charge in [0.1, 0.15) is 13.2 Å². The van der Waals surface area contributed by atoms with Crippen molar-refractivity contribution in [1.82, 2.24) is 0 Å². The first-order chi connectivity index (χ1) is 12.0. The fourth-order valence-corrected chi connectivity index (χ4v) is 2.66. The lowest BCUT2D eigenvalue weighted by Gasteiger charge is -2.17. The Kier molecular flexibility index (Phi) is 12.6. The Labute approximate surface area is 161 Å². The van der Waals surface area contributed by atoms with E-state index in [1.165, 1.54) is 12.8 Å². The molecule has 0 spiro atoms. The Balaban J connectivity index is 3.47. The maximum atomic E-state index is 11.6. The summed E-state index contributed by atoms with van der Waals surface area (Å²) in [6.07, 6.45) is 9.37. The van der Waals surface area contributed by atoms with Crippen molar-refractivity contribution >= 4 is 11.9 Å². The number of hydrogen-bond donors (Lipinski definition) is 0. The Bertz CT molecular complexity index is 350. The van der Waals surface area contributed by atoms with Crippen LogP contribution in [0.4, 0.5) is 0 Å². The lowest BCUT2D eigenvalue weighted by molar-refractivity contribution is -0.152. The zero-order valence-electron chi connectivity index (χ0n) is 18.1. The smallest absolute Gasteiger partial charge is 0.305 e. The quantitative estimate of drug-likeness (QED) is 0.292. The van der Waals surface area contributed by atoms with E-state index in [0.717, 1.165) is 38.5 Å². The summed E-state index contributed by atoms with van der Waals surface area (Å²) < 4.78 is 10.2. The molecule has 0 unspecified atom stereocenters. The van der Waals surface area contributed by atoms with E-state index in [-0.39, 0.29) is 25.2 Å². The van der Waals surface area contributed by atoms with Gasteiger partial charge in [-0.2, -0.15) is 0 Å². The van der Waals surface area contributed by atoms with E-state index < -0.39 is 0 Å². The maximum Gasteiger partial charge on any atom is 0.305 e. The van der Waals surface area contributed by atoms with Crippen LogP contribution in [0.1, 0.15) is 106 Å². The Morgan fingerprint density at radius 3 is 1.23 bits per heavy atom. The van der Waals surface area contributed by atoms with Gasteiger partial charge in [-0.15, -0.1) is 0 Å². The summed E-state index contributed by atoms with van der Waals surface area (Å²) >= 11 is 0. The zero-order chi connectivity index (χ0) is 20.1. The molecule has 26 heavy (non-hydrogen) atoms. The van der Waals surface area contributed by atoms with Crippen LogP contribution in [0, 0.1) is 10.8 Å². The third kappa shape index (κ3) is 19.3. The normalized spacial score (nSPS) is 12.1. The highest BCUT2D eigenvalue weighted by Gasteiger charge is 2.11. The summed E-state index contributed by atoms with van der Waals surface area (Å²) in [5.41, 5.74) is 0.716. The molecule has 0 radical (unpaired) electrons. The predicted molar refractivity (Wildman–Crippen MR) is 107 cm³/mol. The summed E-state index contributed by atoms with van der Waals surface area (Å²) in [4.78, 5) is 23.2. The monoisotopic (exact) mass is 370 g/mol. The minimum Gasteiger partial charge on any atom is -0.462 e. The van der Waals surface area contributed by atoms with Crippen LogP contribution in [-0.2, 0) is 19.1 Å². The van der Waals surface area contributed by atoms with Gasteiger partial charge in [0, 0.05) is 12.8 Å². The minimum absolute atomic E-state index is 0.163. The molecule has 0 aliphatic rings. The predicted octanol–water partition coefficient (Wildman–Crippen LogP) is 6.07. The van der Waals surface area contributed by atoms with E-state index in [9.17, 15) is 9.59 Å². The highest BCUT2D eigenvalue weighted by Crippen LogP contribution is 2.23. The third-order valence-corrected chi connectivity index (χ3v) is 4.22. The van der Waals surface area contributed by atoms with E-state index in [4.69, 9.17) is 9.47 Å². The fraction of sp³-hybridized carbons (Fsp3) is 0.909. The average molecular weight is 371 g/mol. The molecule has 0 aromatic heterocycles. The van der Waals surface area contributed by atoms with Crippen molar-refractivity contribution in [3.8, 4) is 0 Å². The van der Waals surface area contributed by atoms with Crippen molar-refractivity contribution < 1.29 is 19.1 Å². The molecule has 154 valence electrons. The first-order valence-electron chi connectivity index (χ1n) is 10.3. The molecule has 0 saturated heterocycles. The van der Waals surface area contributed by atoms with E-state index >= 15 is 0 Å². The van der Waals surface area contributed by atoms with E-state index in [1.807, 2.05) is 0 Å². The number of carbonyl (C=O) groups excluding carboxylic acids is 2. The van der Waals surface area contributed by atoms with E-state index in [1.54, 1.807) is 0 Å². The van der Waals surface area contributed by atoms with Crippen molar-refractivity contribution in [2.24, 2.45) is 10.8 Å². The topological polar surface area (TPSA) is 52.6 Å². The molecule has 0 heterocycles. The minimum atomic E-state index is -0.195. The second-order valence-electron chi connectivity index (χ2n) is 9.68. The Morgan fingerprint density at radius 1 is 0.577 bits per heavy atom. The van der Waals surface area contributed by atoms with Gasteiger partial charge in [-0.1, -0.05) is 67.2 Å². The molecule has 0 aromatic carbocycles. The molecule has 0 fully saturated rings. The molecule has 4 heteroatoms. The van der Waals surface area contributed by atoms with E-state index in [2.05, 4.69) is 41.5 Å². The van der Waals surface area contributed by atoms with Gasteiger partial charge >= 0.3 is 11.9 Å². The molecule has 0 saturated carbocycles. The Hall–Kier alpha value is -1.06. The Morgan fingerprint density at radius 2 is 0.923 bits per heavy atom. The molecular weight excluding hydrogens is 328 g/mol. The largest absolute Gasteiger partial charge is 0.462 e. The van der Waals surface area contributed by atoms with Crippen LogP contribution in [0.3, 0.4) is 0 Å². The summed E-state index contributed by atoms with van der Waals surface area (Å²) in [5.74, 6) is -0.391. The van der Waals surface area contributed by atoms with Crippen LogP contribution in [0.25, 0.3) is 0 Å². The molecule has 0 amide bonds. The standard InChI is InChI=1S/C22H42O4/c1-21(2,3)15-11-7-9-13-19(23)25-17-18-26-20(24)14-10-8-12-16-22(4,5)6/h7-18H2,1-6H3. The van der Waals surface area contributed by atoms with E-state index in [0.29, 0.717) is 23.7 Å². The van der Waals surface area contributed by atoms with Gasteiger partial charge in [0.2, 0.25) is 0 Å². The molecular formula is C22H42O4. The lowest BCUT2D eigenvalue weighted by Crippen LogP contribution is -2.13. The van der Waals surface area contributed by atoms with Crippen molar-refractivity contribution in [2.75, 3.05) is 13.2 Å². The molecule has 0 bridgehead atoms. The third-order valence-electron chi connectivity index (χ3n) is 4.22. The maximum absolute atomic E-state index is 11.6. The summed E-state index contributed by atoms with van der Waals surface area (Å²) in [5, 5.41) is 0. The van der Waals surface area contributed by atoms with Gasteiger partial charge in [0.05, 0.1) is 0 Å². The molecule has 0 atom stereocenters. The molecule has 4 nitrogen and oxygen atoms in total. The number of carbonyl (C=O) groups is 2. The second kappa shape index (κ2) is 13.2. The fourth-order valence-electron chi connectivity index (χ4n) is 2.66. The van der Waals surface area contributed by atoms with Crippen LogP contribution >= 0.6 is 0 Å². The lowest BCUT2D eigenvalue weighted by atomic mass is 9.89. The first-order valence-corrected chi connectivity index (χ1v) is 10.3. The van der Waals surface area contributed by atoms with Crippen LogP contribution in [-0.4, -0.2) is 25.2 Å². The van der Waals surface area contributed by atoms with Crippen LogP contribution in [0.5, 0.6) is 0 Å². The number of ether oxygens (including phenoxy) is 2. The molecule has 0 N–H and O–H groups in total. The SMILES string of the molecule is CC(C)(C)CCCCCC(=O)OCCOC(=O)CCCCCC(C)(C)C. The van der Waals surface area contributed by atoms with Crippen molar-refractivity contribution in [3.05, 3.63) is 0 Å². The van der Waals surface area contributed by atoms with Gasteiger partial charge in [-0.05, 0) is 36.5 Å². The average Bonchev–Trinajstić information content (AvgIpc) is 2.48. The van der Waals surface area contributed by atoms with Gasteiger partial charge in [-0.3, -0.25) is 9.59 Å². The highest BCUT2D eigenvalue weighted by molar-refractivity contribution is 5.70. The molecule has 0 aromatic rings. The van der Waals surface area contributed by atoms with Gasteiger partial charge in [0.15, 0.2) is 0 Å². The number of unbranched alkanes of at least 4 members (excludes halogenated alkanes) is 4. The first kappa shape index (κ1) is 24.9. The van der Waals surface area contributed by atoms with Gasteiger partial charge in [-0.25, -0.2) is 0 Å². The van der Waals surface area contributed by atoms with Gasteiger partial charge in [0.25, 0.3) is 0 Å². The number of hydrogen-bond acceptors (Lipinski definition) is 4. The van der Waals surface area contributed by atoms with Crippen LogP contribution in [0.15, 0.2) is 0 Å².